The zero-order valence-electron chi connectivity index (χ0n) is 11.4. The standard InChI is InChI=1S/C14H15ClN2O4/c1-21-13(19)11-7-10(8-17(11)14(15)20)16-12(18)9-5-3-2-4-6-9/h2-6,10-11H,7-8H2,1H3,(H,16,18)/t10-,11+/m1/s1. The number of hydrogen-bond acceptors (Lipinski definition) is 4. The molecule has 1 aliphatic rings. The van der Waals surface area contributed by atoms with Gasteiger partial charge in [-0.2, -0.15) is 0 Å². The van der Waals surface area contributed by atoms with Gasteiger partial charge in [0.15, 0.2) is 0 Å². The Kier molecular flexibility index (Phi) is 4.80. The molecule has 0 saturated carbocycles. The van der Waals surface area contributed by atoms with Crippen LogP contribution in [0, 0.1) is 0 Å². The van der Waals surface area contributed by atoms with E-state index in [2.05, 4.69) is 10.1 Å². The number of carbonyl (C=O) groups is 3. The molecule has 2 rings (SSSR count). The highest BCUT2D eigenvalue weighted by Crippen LogP contribution is 2.21. The molecule has 0 bridgehead atoms. The lowest BCUT2D eigenvalue weighted by atomic mass is 10.1. The summed E-state index contributed by atoms with van der Waals surface area (Å²) >= 11 is 5.47. The summed E-state index contributed by atoms with van der Waals surface area (Å²) in [5.74, 6) is -0.798. The lowest BCUT2D eigenvalue weighted by molar-refractivity contribution is -0.144. The van der Waals surface area contributed by atoms with E-state index >= 15 is 0 Å². The summed E-state index contributed by atoms with van der Waals surface area (Å²) in [6, 6.07) is 7.60. The average Bonchev–Trinajstić information content (AvgIpc) is 2.91. The predicted octanol–water partition coefficient (Wildman–Crippen LogP) is 1.39. The molecule has 0 aromatic heterocycles. The zero-order chi connectivity index (χ0) is 15.4. The third kappa shape index (κ3) is 3.52. The number of benzene rings is 1. The molecule has 6 nitrogen and oxygen atoms in total. The Labute approximate surface area is 127 Å². The first-order chi connectivity index (χ1) is 10.0. The minimum Gasteiger partial charge on any atom is -0.467 e. The number of nitrogens with one attached hydrogen (secondary N) is 1. The molecule has 2 amide bonds. The summed E-state index contributed by atoms with van der Waals surface area (Å²) < 4.78 is 4.65. The molecule has 7 heteroatoms. The molecule has 2 atom stereocenters. The van der Waals surface area contributed by atoms with E-state index in [1.54, 1.807) is 24.3 Å². The highest BCUT2D eigenvalue weighted by molar-refractivity contribution is 6.63. The Hall–Kier alpha value is -2.08. The summed E-state index contributed by atoms with van der Waals surface area (Å²) in [6.07, 6.45) is 0.281. The second-order valence-electron chi connectivity index (χ2n) is 4.72. The van der Waals surface area contributed by atoms with E-state index in [9.17, 15) is 14.4 Å². The van der Waals surface area contributed by atoms with Crippen LogP contribution in [0.4, 0.5) is 4.79 Å². The van der Waals surface area contributed by atoms with Crippen molar-refractivity contribution >= 4 is 28.8 Å². The van der Waals surface area contributed by atoms with Gasteiger partial charge in [-0.3, -0.25) is 9.59 Å². The highest BCUT2D eigenvalue weighted by Gasteiger charge is 2.40. The van der Waals surface area contributed by atoms with E-state index in [-0.39, 0.29) is 24.9 Å². The van der Waals surface area contributed by atoms with Crippen LogP contribution in [0.2, 0.25) is 0 Å². The van der Waals surface area contributed by atoms with Crippen LogP contribution in [0.3, 0.4) is 0 Å². The van der Waals surface area contributed by atoms with Gasteiger partial charge in [-0.05, 0) is 23.7 Å². The van der Waals surface area contributed by atoms with Gasteiger partial charge in [-0.15, -0.1) is 0 Å². The fourth-order valence-electron chi connectivity index (χ4n) is 2.35. The lowest BCUT2D eigenvalue weighted by Gasteiger charge is -2.18. The van der Waals surface area contributed by atoms with Crippen LogP contribution in [0.1, 0.15) is 16.8 Å². The molecule has 0 spiro atoms. The first-order valence-corrected chi connectivity index (χ1v) is 6.80. The summed E-state index contributed by atoms with van der Waals surface area (Å²) in [4.78, 5) is 36.2. The predicted molar refractivity (Wildman–Crippen MR) is 76.1 cm³/mol. The SMILES string of the molecule is COC(=O)[C@@H]1C[C@@H](NC(=O)c2ccccc2)CN1C(=O)Cl. The molecule has 1 fully saturated rings. The van der Waals surface area contributed by atoms with Gasteiger partial charge in [0.05, 0.1) is 7.11 Å². The number of amides is 2. The molecule has 1 saturated heterocycles. The number of ether oxygens (including phenoxy) is 1. The fraction of sp³-hybridized carbons (Fsp3) is 0.357. The molecule has 112 valence electrons. The van der Waals surface area contributed by atoms with Gasteiger partial charge < -0.3 is 15.0 Å². The topological polar surface area (TPSA) is 75.7 Å². The number of esters is 1. The maximum atomic E-state index is 12.1. The van der Waals surface area contributed by atoms with Crippen LogP contribution >= 0.6 is 11.6 Å². The molecular formula is C14H15ClN2O4. The second-order valence-corrected chi connectivity index (χ2v) is 5.04. The fourth-order valence-corrected chi connectivity index (χ4v) is 2.54. The van der Waals surface area contributed by atoms with Gasteiger partial charge in [0, 0.05) is 24.6 Å². The summed E-state index contributed by atoms with van der Waals surface area (Å²) in [5.41, 5.74) is 0.516. The Balaban J connectivity index is 2.04. The Morgan fingerprint density at radius 1 is 1.29 bits per heavy atom. The van der Waals surface area contributed by atoms with Crippen molar-refractivity contribution in [1.29, 1.82) is 0 Å². The van der Waals surface area contributed by atoms with Crippen LogP contribution in [0.15, 0.2) is 30.3 Å². The van der Waals surface area contributed by atoms with Gasteiger partial charge in [0.25, 0.3) is 5.91 Å². The van der Waals surface area contributed by atoms with Crippen LogP contribution in [0.5, 0.6) is 0 Å². The van der Waals surface area contributed by atoms with E-state index in [0.717, 1.165) is 0 Å². The Morgan fingerprint density at radius 3 is 2.52 bits per heavy atom. The molecular weight excluding hydrogens is 296 g/mol. The normalized spacial score (nSPS) is 21.0. The number of rotatable bonds is 3. The first kappa shape index (κ1) is 15.3. The number of carbonyl (C=O) groups excluding carboxylic acids is 3. The average molecular weight is 311 g/mol. The van der Waals surface area contributed by atoms with Crippen molar-refractivity contribution in [2.75, 3.05) is 13.7 Å². The van der Waals surface area contributed by atoms with Crippen molar-refractivity contribution in [1.82, 2.24) is 10.2 Å². The lowest BCUT2D eigenvalue weighted by Crippen LogP contribution is -2.39. The third-order valence-corrected chi connectivity index (χ3v) is 3.59. The monoisotopic (exact) mass is 310 g/mol. The number of likely N-dealkylation sites (tertiary alicyclic amines) is 1. The van der Waals surface area contributed by atoms with E-state index in [1.807, 2.05) is 6.07 Å². The number of nitrogens with zero attached hydrogens (tertiary/aromatic N) is 1. The number of hydrogen-bond donors (Lipinski definition) is 1. The zero-order valence-corrected chi connectivity index (χ0v) is 12.2. The minimum atomic E-state index is -0.763. The smallest absolute Gasteiger partial charge is 0.328 e. The van der Waals surface area contributed by atoms with Crippen LogP contribution in [0.25, 0.3) is 0 Å². The molecule has 1 heterocycles. The molecule has 1 N–H and O–H groups in total. The quantitative estimate of drug-likeness (QED) is 0.520. The molecule has 1 aromatic rings. The van der Waals surface area contributed by atoms with Gasteiger partial charge in [0.1, 0.15) is 6.04 Å². The Bertz CT molecular complexity index is 549. The van der Waals surface area contributed by atoms with Crippen LogP contribution in [-0.4, -0.2) is 47.9 Å². The second kappa shape index (κ2) is 6.58. The summed E-state index contributed by atoms with van der Waals surface area (Å²) in [5, 5.41) is 2.06. The number of methoxy groups -OCH3 is 1. The van der Waals surface area contributed by atoms with Crippen molar-refractivity contribution in [3.8, 4) is 0 Å². The van der Waals surface area contributed by atoms with Crippen molar-refractivity contribution < 1.29 is 19.1 Å². The van der Waals surface area contributed by atoms with Crippen molar-refractivity contribution in [2.45, 2.75) is 18.5 Å². The third-order valence-electron chi connectivity index (χ3n) is 3.37. The van der Waals surface area contributed by atoms with E-state index in [0.29, 0.717) is 5.56 Å². The van der Waals surface area contributed by atoms with E-state index in [4.69, 9.17) is 11.6 Å². The van der Waals surface area contributed by atoms with Crippen molar-refractivity contribution in [3.05, 3.63) is 35.9 Å². The molecule has 0 radical (unpaired) electrons. The molecule has 1 aromatic carbocycles. The highest BCUT2D eigenvalue weighted by atomic mass is 35.5. The van der Waals surface area contributed by atoms with Gasteiger partial charge in [-0.1, -0.05) is 18.2 Å². The van der Waals surface area contributed by atoms with E-state index in [1.165, 1.54) is 12.0 Å². The minimum absolute atomic E-state index is 0.181. The van der Waals surface area contributed by atoms with Crippen LogP contribution in [-0.2, 0) is 9.53 Å². The molecule has 0 unspecified atom stereocenters. The van der Waals surface area contributed by atoms with Gasteiger partial charge in [-0.25, -0.2) is 4.79 Å². The van der Waals surface area contributed by atoms with Gasteiger partial charge in [0.2, 0.25) is 0 Å². The number of halogens is 1. The maximum absolute atomic E-state index is 12.1. The summed E-state index contributed by atoms with van der Waals surface area (Å²) in [7, 11) is 1.25. The first-order valence-electron chi connectivity index (χ1n) is 6.42. The molecule has 21 heavy (non-hydrogen) atoms. The molecule has 0 aliphatic carbocycles. The Morgan fingerprint density at radius 2 is 1.95 bits per heavy atom. The largest absolute Gasteiger partial charge is 0.467 e. The van der Waals surface area contributed by atoms with Crippen molar-refractivity contribution in [3.63, 3.8) is 0 Å². The van der Waals surface area contributed by atoms with Crippen LogP contribution < -0.4 is 5.32 Å². The molecule has 1 aliphatic heterocycles. The van der Waals surface area contributed by atoms with Crippen molar-refractivity contribution in [2.24, 2.45) is 0 Å². The van der Waals surface area contributed by atoms with E-state index < -0.39 is 17.4 Å². The summed E-state index contributed by atoms with van der Waals surface area (Å²) in [6.45, 7) is 0.181. The maximum Gasteiger partial charge on any atom is 0.328 e. The van der Waals surface area contributed by atoms with Gasteiger partial charge >= 0.3 is 11.3 Å².